The standard InChI is InChI=1S/C18H22Cl2N2OS/c1-2-3-4-5-6-18(23)24-17(12-22-10-9-21-13-22)15-8-7-14(19)11-16(15)20/h7-11,13,17H,2-6,12H2,1H3. The molecule has 1 aromatic carbocycles. The molecule has 0 N–H and O–H groups in total. The smallest absolute Gasteiger partial charge is 0.189 e. The number of rotatable bonds is 9. The Labute approximate surface area is 157 Å². The summed E-state index contributed by atoms with van der Waals surface area (Å²) in [4.78, 5) is 16.4. The molecule has 0 fully saturated rings. The highest BCUT2D eigenvalue weighted by atomic mass is 35.5. The Morgan fingerprint density at radius 1 is 1.29 bits per heavy atom. The number of aromatic nitrogens is 2. The number of benzene rings is 1. The van der Waals surface area contributed by atoms with Gasteiger partial charge in [0.15, 0.2) is 5.12 Å². The number of thioether (sulfide) groups is 1. The molecule has 2 rings (SSSR count). The predicted molar refractivity (Wildman–Crippen MR) is 103 cm³/mol. The number of carbonyl (C=O) groups is 1. The molecule has 0 amide bonds. The molecule has 6 heteroatoms. The van der Waals surface area contributed by atoms with Crippen LogP contribution < -0.4 is 0 Å². The Hall–Kier alpha value is -0.970. The van der Waals surface area contributed by atoms with Gasteiger partial charge in [-0.2, -0.15) is 0 Å². The minimum Gasteiger partial charge on any atom is -0.336 e. The van der Waals surface area contributed by atoms with Gasteiger partial charge in [-0.1, -0.05) is 67.2 Å². The van der Waals surface area contributed by atoms with E-state index in [9.17, 15) is 4.79 Å². The lowest BCUT2D eigenvalue weighted by atomic mass is 10.1. The first-order chi connectivity index (χ1) is 11.6. The molecule has 0 aliphatic heterocycles. The maximum Gasteiger partial charge on any atom is 0.189 e. The highest BCUT2D eigenvalue weighted by molar-refractivity contribution is 8.13. The molecule has 1 aromatic heterocycles. The van der Waals surface area contributed by atoms with Gasteiger partial charge in [0.1, 0.15) is 0 Å². The summed E-state index contributed by atoms with van der Waals surface area (Å²) in [5.41, 5.74) is 0.932. The van der Waals surface area contributed by atoms with Crippen LogP contribution in [0.5, 0.6) is 0 Å². The first-order valence-electron chi connectivity index (χ1n) is 8.20. The molecule has 1 heterocycles. The molecule has 0 aliphatic rings. The Morgan fingerprint density at radius 2 is 2.12 bits per heavy atom. The summed E-state index contributed by atoms with van der Waals surface area (Å²) in [7, 11) is 0. The summed E-state index contributed by atoms with van der Waals surface area (Å²) in [5.74, 6) is 0. The van der Waals surface area contributed by atoms with Crippen molar-refractivity contribution < 1.29 is 4.79 Å². The Balaban J connectivity index is 2.06. The van der Waals surface area contributed by atoms with Crippen molar-refractivity contribution in [3.63, 3.8) is 0 Å². The highest BCUT2D eigenvalue weighted by Gasteiger charge is 2.20. The Kier molecular flexibility index (Phi) is 8.16. The molecule has 130 valence electrons. The van der Waals surface area contributed by atoms with Crippen molar-refractivity contribution in [2.24, 2.45) is 0 Å². The lowest BCUT2D eigenvalue weighted by molar-refractivity contribution is -0.111. The van der Waals surface area contributed by atoms with Crippen LogP contribution in [0.1, 0.15) is 49.8 Å². The molecule has 0 radical (unpaired) electrons. The summed E-state index contributed by atoms with van der Waals surface area (Å²) in [6.45, 7) is 2.81. The van der Waals surface area contributed by atoms with E-state index in [4.69, 9.17) is 23.2 Å². The van der Waals surface area contributed by atoms with Crippen LogP contribution in [-0.2, 0) is 11.3 Å². The average Bonchev–Trinajstić information content (AvgIpc) is 3.04. The fourth-order valence-corrected chi connectivity index (χ4v) is 4.23. The summed E-state index contributed by atoms with van der Waals surface area (Å²) in [5, 5.41) is 1.35. The van der Waals surface area contributed by atoms with Crippen molar-refractivity contribution in [3.8, 4) is 0 Å². The van der Waals surface area contributed by atoms with Crippen molar-refractivity contribution in [1.82, 2.24) is 9.55 Å². The van der Waals surface area contributed by atoms with Gasteiger partial charge in [-0.25, -0.2) is 4.98 Å². The van der Waals surface area contributed by atoms with Crippen LogP contribution in [0.15, 0.2) is 36.9 Å². The van der Waals surface area contributed by atoms with Crippen molar-refractivity contribution in [2.75, 3.05) is 0 Å². The molecular weight excluding hydrogens is 363 g/mol. The zero-order chi connectivity index (χ0) is 17.4. The van der Waals surface area contributed by atoms with Crippen LogP contribution >= 0.6 is 35.0 Å². The van der Waals surface area contributed by atoms with Gasteiger partial charge >= 0.3 is 0 Å². The number of nitrogens with zero attached hydrogens (tertiary/aromatic N) is 2. The minimum atomic E-state index is -0.0531. The summed E-state index contributed by atoms with van der Waals surface area (Å²) < 4.78 is 1.97. The number of hydrogen-bond donors (Lipinski definition) is 0. The van der Waals surface area contributed by atoms with Crippen molar-refractivity contribution in [2.45, 2.75) is 50.8 Å². The van der Waals surface area contributed by atoms with Crippen LogP contribution in [0.4, 0.5) is 0 Å². The van der Waals surface area contributed by atoms with E-state index < -0.39 is 0 Å². The summed E-state index contributed by atoms with van der Waals surface area (Å²) in [6.07, 6.45) is 10.4. The normalized spacial score (nSPS) is 12.3. The number of hydrogen-bond acceptors (Lipinski definition) is 3. The first kappa shape index (κ1) is 19.4. The van der Waals surface area contributed by atoms with Crippen LogP contribution in [0.3, 0.4) is 0 Å². The van der Waals surface area contributed by atoms with E-state index in [1.807, 2.05) is 22.9 Å². The molecular formula is C18H22Cl2N2OS. The SMILES string of the molecule is CCCCCCC(=O)SC(Cn1ccnc1)c1ccc(Cl)cc1Cl. The van der Waals surface area contributed by atoms with Gasteiger partial charge in [-0.05, 0) is 24.1 Å². The van der Waals surface area contributed by atoms with Crippen molar-refractivity contribution in [1.29, 1.82) is 0 Å². The minimum absolute atomic E-state index is 0.0531. The second-order valence-corrected chi connectivity index (χ2v) is 7.82. The van der Waals surface area contributed by atoms with Crippen LogP contribution in [0.2, 0.25) is 10.0 Å². The van der Waals surface area contributed by atoms with Gasteiger partial charge in [-0.15, -0.1) is 0 Å². The topological polar surface area (TPSA) is 34.9 Å². The van der Waals surface area contributed by atoms with E-state index in [1.54, 1.807) is 18.6 Å². The van der Waals surface area contributed by atoms with Gasteiger partial charge in [0.05, 0.1) is 11.6 Å². The molecule has 3 nitrogen and oxygen atoms in total. The second-order valence-electron chi connectivity index (χ2n) is 5.71. The quantitative estimate of drug-likeness (QED) is 0.485. The number of unbranched alkanes of at least 4 members (excludes halogenated alkanes) is 3. The van der Waals surface area contributed by atoms with E-state index >= 15 is 0 Å². The lowest BCUT2D eigenvalue weighted by Gasteiger charge is -2.18. The first-order valence-corrected chi connectivity index (χ1v) is 9.84. The maximum atomic E-state index is 12.4. The lowest BCUT2D eigenvalue weighted by Crippen LogP contribution is -2.08. The molecule has 1 atom stereocenters. The van der Waals surface area contributed by atoms with Crippen molar-refractivity contribution >= 4 is 40.1 Å². The highest BCUT2D eigenvalue weighted by Crippen LogP contribution is 2.37. The van der Waals surface area contributed by atoms with Crippen LogP contribution in [0, 0.1) is 0 Å². The zero-order valence-electron chi connectivity index (χ0n) is 13.8. The van der Waals surface area contributed by atoms with E-state index in [1.165, 1.54) is 24.6 Å². The Bertz CT molecular complexity index is 646. The molecule has 24 heavy (non-hydrogen) atoms. The van der Waals surface area contributed by atoms with Crippen LogP contribution in [-0.4, -0.2) is 14.7 Å². The van der Waals surface area contributed by atoms with E-state index in [2.05, 4.69) is 11.9 Å². The predicted octanol–water partition coefficient (Wildman–Crippen LogP) is 6.16. The van der Waals surface area contributed by atoms with Gasteiger partial charge in [0.25, 0.3) is 0 Å². The fourth-order valence-electron chi connectivity index (χ4n) is 2.46. The van der Waals surface area contributed by atoms with E-state index in [0.717, 1.165) is 18.4 Å². The molecule has 1 unspecified atom stereocenters. The molecule has 0 saturated heterocycles. The second kappa shape index (κ2) is 10.1. The third-order valence-electron chi connectivity index (χ3n) is 3.75. The third-order valence-corrected chi connectivity index (χ3v) is 5.47. The largest absolute Gasteiger partial charge is 0.336 e. The molecule has 0 aliphatic carbocycles. The average molecular weight is 385 g/mol. The van der Waals surface area contributed by atoms with Gasteiger partial charge in [-0.3, -0.25) is 4.79 Å². The number of imidazole rings is 1. The molecule has 0 bridgehead atoms. The third kappa shape index (κ3) is 6.15. The maximum absolute atomic E-state index is 12.4. The van der Waals surface area contributed by atoms with Crippen molar-refractivity contribution in [3.05, 3.63) is 52.5 Å². The summed E-state index contributed by atoms with van der Waals surface area (Å²) in [6, 6.07) is 5.45. The van der Waals surface area contributed by atoms with E-state index in [0.29, 0.717) is 23.0 Å². The molecule has 0 saturated carbocycles. The zero-order valence-corrected chi connectivity index (χ0v) is 16.1. The summed E-state index contributed by atoms with van der Waals surface area (Å²) >= 11 is 13.7. The van der Waals surface area contributed by atoms with Gasteiger partial charge < -0.3 is 4.57 Å². The molecule has 2 aromatic rings. The fraction of sp³-hybridized carbons (Fsp3) is 0.444. The van der Waals surface area contributed by atoms with Gasteiger partial charge in [0.2, 0.25) is 0 Å². The number of halogens is 2. The molecule has 0 spiro atoms. The van der Waals surface area contributed by atoms with E-state index in [-0.39, 0.29) is 10.4 Å². The van der Waals surface area contributed by atoms with Crippen LogP contribution in [0.25, 0.3) is 0 Å². The monoisotopic (exact) mass is 384 g/mol. The Morgan fingerprint density at radius 3 is 2.79 bits per heavy atom. The number of carbonyl (C=O) groups excluding carboxylic acids is 1. The van der Waals surface area contributed by atoms with Gasteiger partial charge in [0, 0.05) is 35.4 Å².